The molecule has 23 heavy (non-hydrogen) atoms. The highest BCUT2D eigenvalue weighted by atomic mass is 16.5. The van der Waals surface area contributed by atoms with Crippen LogP contribution in [0.15, 0.2) is 24.3 Å². The molecule has 0 amide bonds. The van der Waals surface area contributed by atoms with Gasteiger partial charge in [0, 0.05) is 7.11 Å². The molecule has 1 atom stereocenters. The summed E-state index contributed by atoms with van der Waals surface area (Å²) in [5.74, 6) is -3.86. The highest BCUT2D eigenvalue weighted by Crippen LogP contribution is 2.24. The highest BCUT2D eigenvalue weighted by molar-refractivity contribution is 5.91. The summed E-state index contributed by atoms with van der Waals surface area (Å²) in [6.45, 7) is 0. The molecule has 0 aromatic heterocycles. The van der Waals surface area contributed by atoms with Gasteiger partial charge in [0.05, 0.1) is 13.5 Å². The minimum Gasteiger partial charge on any atom is -0.496 e. The number of benzene rings is 1. The zero-order valence-corrected chi connectivity index (χ0v) is 12.5. The molecule has 1 rings (SSSR count). The summed E-state index contributed by atoms with van der Waals surface area (Å²) in [6.07, 6.45) is 1.66. The van der Waals surface area contributed by atoms with Crippen LogP contribution in [0.25, 0.3) is 6.08 Å². The average molecular weight is 324 g/mol. The lowest BCUT2D eigenvalue weighted by molar-refractivity contribution is -0.163. The molecule has 1 aromatic rings. The molecule has 124 valence electrons. The molecule has 0 fully saturated rings. The summed E-state index contributed by atoms with van der Waals surface area (Å²) in [5.41, 5.74) is -1.64. The van der Waals surface area contributed by atoms with Gasteiger partial charge in [-0.15, -0.1) is 0 Å². The summed E-state index contributed by atoms with van der Waals surface area (Å²) in [5, 5.41) is 27.1. The van der Waals surface area contributed by atoms with Crippen LogP contribution >= 0.6 is 0 Å². The lowest BCUT2D eigenvalue weighted by atomic mass is 9.97. The maximum absolute atomic E-state index is 11.3. The van der Waals surface area contributed by atoms with E-state index in [-0.39, 0.29) is 11.3 Å². The fourth-order valence-electron chi connectivity index (χ4n) is 1.88. The Morgan fingerprint density at radius 3 is 2.26 bits per heavy atom. The van der Waals surface area contributed by atoms with E-state index in [1.165, 1.54) is 31.4 Å². The number of aliphatic carboxylic acids is 2. The molecule has 0 saturated heterocycles. The van der Waals surface area contributed by atoms with Crippen LogP contribution in [0.2, 0.25) is 0 Å². The van der Waals surface area contributed by atoms with Crippen molar-refractivity contribution in [1.82, 2.24) is 0 Å². The van der Waals surface area contributed by atoms with Gasteiger partial charge in [-0.1, -0.05) is 12.1 Å². The number of carboxylic acid groups (broad SMARTS) is 3. The Morgan fingerprint density at radius 2 is 1.83 bits per heavy atom. The summed E-state index contributed by atoms with van der Waals surface area (Å²) in [4.78, 5) is 33.2. The third-order valence-corrected chi connectivity index (χ3v) is 3.14. The van der Waals surface area contributed by atoms with E-state index >= 15 is 0 Å². The molecule has 0 saturated carbocycles. The van der Waals surface area contributed by atoms with Gasteiger partial charge in [-0.25, -0.2) is 9.59 Å². The van der Waals surface area contributed by atoms with Crippen molar-refractivity contribution in [2.75, 3.05) is 14.2 Å². The van der Waals surface area contributed by atoms with Crippen molar-refractivity contribution in [3.05, 3.63) is 35.4 Å². The number of carbonyl (C=O) groups is 3. The molecule has 0 aliphatic heterocycles. The zero-order chi connectivity index (χ0) is 17.6. The van der Waals surface area contributed by atoms with Gasteiger partial charge in [0.2, 0.25) is 0 Å². The molecular weight excluding hydrogens is 308 g/mol. The first kappa shape index (κ1) is 18.2. The Morgan fingerprint density at radius 1 is 1.17 bits per heavy atom. The Labute approximate surface area is 131 Å². The lowest BCUT2D eigenvalue weighted by Crippen LogP contribution is -2.40. The molecule has 8 nitrogen and oxygen atoms in total. The smallest absolute Gasteiger partial charge is 0.340 e. The average Bonchev–Trinajstić information content (AvgIpc) is 2.50. The first-order chi connectivity index (χ1) is 10.8. The molecule has 0 heterocycles. The molecule has 0 spiro atoms. The molecule has 1 aromatic carbocycles. The van der Waals surface area contributed by atoms with E-state index in [9.17, 15) is 19.5 Å². The third kappa shape index (κ3) is 4.30. The molecule has 3 N–H and O–H groups in total. The normalized spacial score (nSPS) is 13.5. The molecule has 1 unspecified atom stereocenters. The van der Waals surface area contributed by atoms with Crippen LogP contribution in [0.1, 0.15) is 22.3 Å². The van der Waals surface area contributed by atoms with Crippen LogP contribution in [-0.4, -0.2) is 53.0 Å². The van der Waals surface area contributed by atoms with Crippen molar-refractivity contribution < 1.29 is 39.2 Å². The predicted molar refractivity (Wildman–Crippen MR) is 78.6 cm³/mol. The second kappa shape index (κ2) is 7.41. The van der Waals surface area contributed by atoms with E-state index in [1.807, 2.05) is 0 Å². The van der Waals surface area contributed by atoms with Crippen LogP contribution in [0.4, 0.5) is 0 Å². The SMILES string of the molecule is COc1cc(/C=C/C(CC(=O)O)(OC)C(=O)O)ccc1C(=O)O. The van der Waals surface area contributed by atoms with Gasteiger partial charge in [-0.2, -0.15) is 0 Å². The summed E-state index contributed by atoms with van der Waals surface area (Å²) in [6, 6.07) is 4.13. The van der Waals surface area contributed by atoms with Crippen LogP contribution in [0.5, 0.6) is 5.75 Å². The standard InChI is InChI=1S/C15H16O8/c1-22-11-7-9(3-4-10(11)13(18)19)5-6-15(23-2,14(20)21)8-12(16)17/h3-7H,8H2,1-2H3,(H,16,17)(H,18,19)(H,20,21)/b6-5+. The number of methoxy groups -OCH3 is 2. The van der Waals surface area contributed by atoms with Gasteiger partial charge < -0.3 is 24.8 Å². The fourth-order valence-corrected chi connectivity index (χ4v) is 1.88. The quantitative estimate of drug-likeness (QED) is 0.653. The molecular formula is C15H16O8. The number of rotatable bonds is 8. The first-order valence-corrected chi connectivity index (χ1v) is 6.36. The third-order valence-electron chi connectivity index (χ3n) is 3.14. The maximum Gasteiger partial charge on any atom is 0.340 e. The van der Waals surface area contributed by atoms with Crippen molar-refractivity contribution in [3.63, 3.8) is 0 Å². The summed E-state index contributed by atoms with van der Waals surface area (Å²) in [7, 11) is 2.39. The van der Waals surface area contributed by atoms with Crippen LogP contribution in [-0.2, 0) is 14.3 Å². The van der Waals surface area contributed by atoms with Crippen LogP contribution < -0.4 is 4.74 Å². The van der Waals surface area contributed by atoms with Crippen LogP contribution in [0, 0.1) is 0 Å². The van der Waals surface area contributed by atoms with Gasteiger partial charge >= 0.3 is 17.9 Å². The zero-order valence-electron chi connectivity index (χ0n) is 12.5. The van der Waals surface area contributed by atoms with E-state index < -0.39 is 29.9 Å². The van der Waals surface area contributed by atoms with Crippen molar-refractivity contribution in [2.45, 2.75) is 12.0 Å². The topological polar surface area (TPSA) is 130 Å². The number of hydrogen-bond acceptors (Lipinski definition) is 5. The van der Waals surface area contributed by atoms with E-state index in [1.54, 1.807) is 0 Å². The van der Waals surface area contributed by atoms with Crippen molar-refractivity contribution in [1.29, 1.82) is 0 Å². The first-order valence-electron chi connectivity index (χ1n) is 6.36. The van der Waals surface area contributed by atoms with Crippen molar-refractivity contribution >= 4 is 24.0 Å². The van der Waals surface area contributed by atoms with Gasteiger partial charge in [0.25, 0.3) is 0 Å². The highest BCUT2D eigenvalue weighted by Gasteiger charge is 2.38. The van der Waals surface area contributed by atoms with Crippen molar-refractivity contribution in [2.24, 2.45) is 0 Å². The minimum atomic E-state index is -2.02. The Balaban J connectivity index is 3.21. The predicted octanol–water partition coefficient (Wildman–Crippen LogP) is 1.35. The Hall–Kier alpha value is -2.87. The maximum atomic E-state index is 11.3. The Bertz CT molecular complexity index is 649. The lowest BCUT2D eigenvalue weighted by Gasteiger charge is -2.22. The number of ether oxygens (including phenoxy) is 2. The molecule has 0 aliphatic rings. The monoisotopic (exact) mass is 324 g/mol. The van der Waals surface area contributed by atoms with E-state index in [0.717, 1.165) is 13.2 Å². The second-order valence-electron chi connectivity index (χ2n) is 4.57. The molecule has 0 bridgehead atoms. The van der Waals surface area contributed by atoms with Gasteiger partial charge in [-0.3, -0.25) is 4.79 Å². The van der Waals surface area contributed by atoms with E-state index in [2.05, 4.69) is 0 Å². The Kier molecular flexibility index (Phi) is 5.86. The molecule has 0 radical (unpaired) electrons. The van der Waals surface area contributed by atoms with Gasteiger partial charge in [0.15, 0.2) is 5.60 Å². The van der Waals surface area contributed by atoms with Gasteiger partial charge in [0.1, 0.15) is 11.3 Å². The molecule has 0 aliphatic carbocycles. The molecule has 8 heteroatoms. The van der Waals surface area contributed by atoms with Crippen molar-refractivity contribution in [3.8, 4) is 5.75 Å². The minimum absolute atomic E-state index is 0.0496. The number of aromatic carboxylic acids is 1. The number of carboxylic acids is 3. The van der Waals surface area contributed by atoms with E-state index in [0.29, 0.717) is 5.56 Å². The van der Waals surface area contributed by atoms with Gasteiger partial charge in [-0.05, 0) is 23.8 Å². The number of hydrogen-bond donors (Lipinski definition) is 3. The second-order valence-corrected chi connectivity index (χ2v) is 4.57. The largest absolute Gasteiger partial charge is 0.496 e. The van der Waals surface area contributed by atoms with E-state index in [4.69, 9.17) is 19.7 Å². The summed E-state index contributed by atoms with van der Waals surface area (Å²) >= 11 is 0. The summed E-state index contributed by atoms with van der Waals surface area (Å²) < 4.78 is 9.82. The van der Waals surface area contributed by atoms with Crippen LogP contribution in [0.3, 0.4) is 0 Å². The fraction of sp³-hybridized carbons (Fsp3) is 0.267.